The molecule has 1 aromatic heterocycles. The molecule has 2 heterocycles. The van der Waals surface area contributed by atoms with Crippen molar-refractivity contribution in [1.29, 1.82) is 0 Å². The monoisotopic (exact) mass is 380 g/mol. The van der Waals surface area contributed by atoms with E-state index in [1.807, 2.05) is 6.07 Å². The van der Waals surface area contributed by atoms with Gasteiger partial charge >= 0.3 is 0 Å². The molecule has 0 unspecified atom stereocenters. The van der Waals surface area contributed by atoms with Crippen molar-refractivity contribution in [1.82, 2.24) is 19.1 Å². The standard InChI is InChI=1S/C16H20N4O3S2/c21-25(22,19-6-8-23-9-7-19)15-3-1-2-13(10-15)11-24-16-18-17-12-20(16)14-4-5-14/h1-3,10,12,14H,4-9,11H2. The van der Waals surface area contributed by atoms with Crippen molar-refractivity contribution in [3.8, 4) is 0 Å². The first-order valence-electron chi connectivity index (χ1n) is 8.34. The molecule has 0 atom stereocenters. The number of morpholine rings is 1. The number of aromatic nitrogens is 3. The highest BCUT2D eigenvalue weighted by Crippen LogP contribution is 2.37. The summed E-state index contributed by atoms with van der Waals surface area (Å²) < 4.78 is 34.4. The summed E-state index contributed by atoms with van der Waals surface area (Å²) in [4.78, 5) is 0.344. The zero-order chi connectivity index (χ0) is 17.3. The van der Waals surface area contributed by atoms with Crippen molar-refractivity contribution in [2.45, 2.75) is 34.7 Å². The average molecular weight is 380 g/mol. The smallest absolute Gasteiger partial charge is 0.243 e. The minimum atomic E-state index is -3.46. The minimum absolute atomic E-state index is 0.344. The van der Waals surface area contributed by atoms with Crippen molar-refractivity contribution >= 4 is 21.8 Å². The largest absolute Gasteiger partial charge is 0.379 e. The van der Waals surface area contributed by atoms with Crippen LogP contribution in [0.5, 0.6) is 0 Å². The molecule has 0 radical (unpaired) electrons. The molecule has 2 fully saturated rings. The summed E-state index contributed by atoms with van der Waals surface area (Å²) in [6.07, 6.45) is 4.14. The van der Waals surface area contributed by atoms with Crippen LogP contribution in [-0.2, 0) is 20.5 Å². The van der Waals surface area contributed by atoms with E-state index in [-0.39, 0.29) is 0 Å². The summed E-state index contributed by atoms with van der Waals surface area (Å²) in [6.45, 7) is 1.72. The predicted octanol–water partition coefficient (Wildman–Crippen LogP) is 1.93. The first-order chi connectivity index (χ1) is 12.1. The molecule has 0 amide bonds. The number of nitrogens with zero attached hydrogens (tertiary/aromatic N) is 4. The van der Waals surface area contributed by atoms with E-state index in [0.29, 0.717) is 43.0 Å². The Balaban J connectivity index is 1.48. The maximum Gasteiger partial charge on any atom is 0.243 e. The minimum Gasteiger partial charge on any atom is -0.379 e. The first kappa shape index (κ1) is 17.0. The zero-order valence-electron chi connectivity index (χ0n) is 13.7. The van der Waals surface area contributed by atoms with Crippen molar-refractivity contribution in [2.24, 2.45) is 0 Å². The summed E-state index contributed by atoms with van der Waals surface area (Å²) >= 11 is 1.59. The van der Waals surface area contributed by atoms with Gasteiger partial charge in [0.15, 0.2) is 5.16 Å². The molecule has 1 aliphatic carbocycles. The van der Waals surface area contributed by atoms with E-state index in [2.05, 4.69) is 14.8 Å². The average Bonchev–Trinajstić information content (AvgIpc) is 3.39. The third-order valence-electron chi connectivity index (χ3n) is 4.35. The van der Waals surface area contributed by atoms with Gasteiger partial charge in [-0.15, -0.1) is 10.2 Å². The van der Waals surface area contributed by atoms with Gasteiger partial charge in [0.2, 0.25) is 10.0 Å². The third-order valence-corrected chi connectivity index (χ3v) is 7.28. The van der Waals surface area contributed by atoms with Crippen molar-refractivity contribution < 1.29 is 13.2 Å². The number of hydrogen-bond acceptors (Lipinski definition) is 6. The zero-order valence-corrected chi connectivity index (χ0v) is 15.4. The molecule has 2 aliphatic rings. The Bertz CT molecular complexity index is 843. The molecule has 0 spiro atoms. The van der Waals surface area contributed by atoms with Gasteiger partial charge in [-0.05, 0) is 30.5 Å². The lowest BCUT2D eigenvalue weighted by molar-refractivity contribution is 0.0730. The summed E-state index contributed by atoms with van der Waals surface area (Å²) in [6, 6.07) is 7.70. The van der Waals surface area contributed by atoms with Crippen LogP contribution in [0.25, 0.3) is 0 Å². The molecule has 134 valence electrons. The molecule has 1 aliphatic heterocycles. The van der Waals surface area contributed by atoms with Crippen LogP contribution in [0.15, 0.2) is 40.6 Å². The first-order valence-corrected chi connectivity index (χ1v) is 10.8. The number of rotatable bonds is 6. The fourth-order valence-electron chi connectivity index (χ4n) is 2.82. The Kier molecular flexibility index (Phi) is 4.81. The highest BCUT2D eigenvalue weighted by molar-refractivity contribution is 7.98. The van der Waals surface area contributed by atoms with Crippen LogP contribution in [0.2, 0.25) is 0 Å². The number of hydrogen-bond donors (Lipinski definition) is 0. The molecule has 1 aromatic carbocycles. The number of sulfonamides is 1. The molecule has 4 rings (SSSR count). The molecule has 0 bridgehead atoms. The Morgan fingerprint density at radius 2 is 2.04 bits per heavy atom. The van der Waals surface area contributed by atoms with E-state index in [4.69, 9.17) is 4.74 Å². The normalized spacial score (nSPS) is 19.2. The second kappa shape index (κ2) is 7.06. The maximum absolute atomic E-state index is 12.8. The van der Waals surface area contributed by atoms with Crippen LogP contribution in [0.1, 0.15) is 24.4 Å². The Labute approximate surface area is 151 Å². The predicted molar refractivity (Wildman–Crippen MR) is 93.9 cm³/mol. The van der Waals surface area contributed by atoms with Crippen LogP contribution in [-0.4, -0.2) is 53.8 Å². The fraction of sp³-hybridized carbons (Fsp3) is 0.500. The van der Waals surface area contributed by atoms with E-state index in [9.17, 15) is 8.42 Å². The van der Waals surface area contributed by atoms with Gasteiger partial charge in [-0.3, -0.25) is 0 Å². The SMILES string of the molecule is O=S(=O)(c1cccc(CSc2nncn2C2CC2)c1)N1CCOCC1. The van der Waals surface area contributed by atoms with E-state index in [0.717, 1.165) is 10.7 Å². The van der Waals surface area contributed by atoms with Crippen LogP contribution >= 0.6 is 11.8 Å². The quantitative estimate of drug-likeness (QED) is 0.713. The molecule has 0 N–H and O–H groups in total. The molecule has 1 saturated heterocycles. The van der Waals surface area contributed by atoms with Gasteiger partial charge in [-0.25, -0.2) is 8.42 Å². The van der Waals surface area contributed by atoms with Gasteiger partial charge in [0.1, 0.15) is 6.33 Å². The highest BCUT2D eigenvalue weighted by Gasteiger charge is 2.27. The van der Waals surface area contributed by atoms with Gasteiger partial charge < -0.3 is 9.30 Å². The summed E-state index contributed by atoms with van der Waals surface area (Å²) in [5, 5.41) is 9.06. The molecule has 1 saturated carbocycles. The van der Waals surface area contributed by atoms with E-state index < -0.39 is 10.0 Å². The van der Waals surface area contributed by atoms with Crippen molar-refractivity contribution in [2.75, 3.05) is 26.3 Å². The van der Waals surface area contributed by atoms with E-state index in [1.54, 1.807) is 36.3 Å². The van der Waals surface area contributed by atoms with Gasteiger partial charge in [0.25, 0.3) is 0 Å². The van der Waals surface area contributed by atoms with Crippen LogP contribution in [0, 0.1) is 0 Å². The lowest BCUT2D eigenvalue weighted by Gasteiger charge is -2.26. The van der Waals surface area contributed by atoms with Gasteiger partial charge in [-0.2, -0.15) is 4.31 Å². The molecule has 9 heteroatoms. The van der Waals surface area contributed by atoms with E-state index >= 15 is 0 Å². The Morgan fingerprint density at radius 3 is 2.80 bits per heavy atom. The van der Waals surface area contributed by atoms with Crippen molar-refractivity contribution in [3.63, 3.8) is 0 Å². The van der Waals surface area contributed by atoms with Gasteiger partial charge in [-0.1, -0.05) is 23.9 Å². The number of ether oxygens (including phenoxy) is 1. The summed E-state index contributed by atoms with van der Waals surface area (Å²) in [5.41, 5.74) is 0.963. The second-order valence-corrected chi connectivity index (χ2v) is 9.08. The summed E-state index contributed by atoms with van der Waals surface area (Å²) in [7, 11) is -3.46. The lowest BCUT2D eigenvalue weighted by atomic mass is 10.2. The van der Waals surface area contributed by atoms with Crippen LogP contribution in [0.4, 0.5) is 0 Å². The Morgan fingerprint density at radius 1 is 1.24 bits per heavy atom. The number of benzene rings is 1. The van der Waals surface area contributed by atoms with E-state index in [1.165, 1.54) is 17.1 Å². The fourth-order valence-corrected chi connectivity index (χ4v) is 5.22. The highest BCUT2D eigenvalue weighted by atomic mass is 32.2. The van der Waals surface area contributed by atoms with Crippen LogP contribution < -0.4 is 0 Å². The summed E-state index contributed by atoms with van der Waals surface area (Å²) in [5.74, 6) is 0.665. The third kappa shape index (κ3) is 3.74. The topological polar surface area (TPSA) is 77.3 Å². The molecule has 25 heavy (non-hydrogen) atoms. The second-order valence-electron chi connectivity index (χ2n) is 6.20. The molecular weight excluding hydrogens is 360 g/mol. The molecular formula is C16H20N4O3S2. The van der Waals surface area contributed by atoms with Gasteiger partial charge in [0, 0.05) is 24.9 Å². The van der Waals surface area contributed by atoms with Gasteiger partial charge in [0.05, 0.1) is 18.1 Å². The molecule has 7 nitrogen and oxygen atoms in total. The number of thioether (sulfide) groups is 1. The van der Waals surface area contributed by atoms with Crippen LogP contribution in [0.3, 0.4) is 0 Å². The maximum atomic E-state index is 12.8. The Hall–Kier alpha value is -1.42. The van der Waals surface area contributed by atoms with Crippen molar-refractivity contribution in [3.05, 3.63) is 36.2 Å². The molecule has 2 aromatic rings. The lowest BCUT2D eigenvalue weighted by Crippen LogP contribution is -2.40.